The van der Waals surface area contributed by atoms with E-state index in [1.807, 2.05) is 48.8 Å². The second-order valence-electron chi connectivity index (χ2n) is 16.3. The van der Waals surface area contributed by atoms with E-state index in [9.17, 15) is 0 Å². The van der Waals surface area contributed by atoms with Crippen LogP contribution in [-0.2, 0) is 0 Å². The van der Waals surface area contributed by atoms with Gasteiger partial charge in [-0.3, -0.25) is 4.98 Å². The minimum absolute atomic E-state index is 0.593. The zero-order chi connectivity index (χ0) is 42.1. The van der Waals surface area contributed by atoms with Crippen LogP contribution in [-0.4, -0.2) is 24.5 Å². The molecule has 0 unspecified atom stereocenters. The van der Waals surface area contributed by atoms with Gasteiger partial charge in [-0.2, -0.15) is 0 Å². The van der Waals surface area contributed by atoms with Crippen molar-refractivity contribution in [2.75, 3.05) is 0 Å². The molecule has 0 radical (unpaired) electrons. The molecule has 0 amide bonds. The lowest BCUT2D eigenvalue weighted by molar-refractivity contribution is 1.07. The number of aromatic nitrogens is 5. The molecule has 0 saturated heterocycles. The molecule has 0 spiro atoms. The zero-order valence-electron chi connectivity index (χ0n) is 34.4. The maximum atomic E-state index is 5.18. The van der Waals surface area contributed by atoms with Gasteiger partial charge in [-0.05, 0) is 86.3 Å². The average Bonchev–Trinajstić information content (AvgIpc) is 3.92. The number of pyridine rings is 1. The van der Waals surface area contributed by atoms with Gasteiger partial charge < -0.3 is 4.57 Å². The summed E-state index contributed by atoms with van der Waals surface area (Å²) in [6.45, 7) is 0. The highest BCUT2D eigenvalue weighted by molar-refractivity contribution is 7.25. The number of nitrogens with zero attached hydrogens (tertiary/aromatic N) is 5. The van der Waals surface area contributed by atoms with E-state index in [0.29, 0.717) is 17.5 Å². The molecule has 4 heterocycles. The van der Waals surface area contributed by atoms with Crippen molar-refractivity contribution in [1.29, 1.82) is 0 Å². The molecule has 298 valence electrons. The summed E-state index contributed by atoms with van der Waals surface area (Å²) in [5.74, 6) is 1.83. The number of benzene rings is 9. The summed E-state index contributed by atoms with van der Waals surface area (Å²) in [5, 5.41) is 9.69. The van der Waals surface area contributed by atoms with Crippen LogP contribution in [0.25, 0.3) is 126 Å². The topological polar surface area (TPSA) is 56.5 Å². The average molecular weight is 834 g/mol. The van der Waals surface area contributed by atoms with Crippen molar-refractivity contribution in [1.82, 2.24) is 24.5 Å². The molecular weight excluding hydrogens is 799 g/mol. The van der Waals surface area contributed by atoms with E-state index in [4.69, 9.17) is 19.9 Å². The van der Waals surface area contributed by atoms with Crippen molar-refractivity contribution in [3.05, 3.63) is 213 Å². The van der Waals surface area contributed by atoms with E-state index in [0.717, 1.165) is 54.5 Å². The molecular formula is C58H35N5S. The molecule has 13 rings (SSSR count). The molecule has 0 fully saturated rings. The Morgan fingerprint density at radius 3 is 1.70 bits per heavy atom. The lowest BCUT2D eigenvalue weighted by atomic mass is 9.99. The number of para-hydroxylation sites is 1. The van der Waals surface area contributed by atoms with Gasteiger partial charge in [0.2, 0.25) is 0 Å². The predicted octanol–water partition coefficient (Wildman–Crippen LogP) is 15.4. The number of hydrogen-bond acceptors (Lipinski definition) is 5. The SMILES string of the molecule is c1ccc(-c2ccc(-c3nc(-c4ccccc4)nc(-c4cncc5sc6ccc(-c7ccc8c(c7)c7ccccc7n8-c7ccc8ccc9ccccc9c8c7)cc6c45)n3)cc2)cc1. The molecule has 0 aliphatic carbocycles. The Morgan fingerprint density at radius 2 is 0.906 bits per heavy atom. The summed E-state index contributed by atoms with van der Waals surface area (Å²) >= 11 is 1.74. The van der Waals surface area contributed by atoms with E-state index >= 15 is 0 Å². The lowest BCUT2D eigenvalue weighted by Crippen LogP contribution is -2.00. The Balaban J connectivity index is 0.948. The van der Waals surface area contributed by atoms with Crippen LogP contribution in [0.4, 0.5) is 0 Å². The van der Waals surface area contributed by atoms with Crippen molar-refractivity contribution >= 4 is 74.9 Å². The third kappa shape index (κ3) is 5.99. The molecule has 0 aliphatic heterocycles. The normalized spacial score (nSPS) is 11.8. The quantitative estimate of drug-likeness (QED) is 0.157. The van der Waals surface area contributed by atoms with Crippen molar-refractivity contribution < 1.29 is 0 Å². The van der Waals surface area contributed by atoms with Gasteiger partial charge in [0.25, 0.3) is 0 Å². The molecule has 0 atom stereocenters. The van der Waals surface area contributed by atoms with Crippen LogP contribution in [0.1, 0.15) is 0 Å². The van der Waals surface area contributed by atoms with Gasteiger partial charge in [0.1, 0.15) is 0 Å². The van der Waals surface area contributed by atoms with Crippen molar-refractivity contribution in [3.8, 4) is 62.1 Å². The maximum Gasteiger partial charge on any atom is 0.166 e. The molecule has 0 aliphatic rings. The summed E-state index contributed by atoms with van der Waals surface area (Å²) in [5.41, 5.74) is 10.8. The van der Waals surface area contributed by atoms with Gasteiger partial charge in [0.15, 0.2) is 17.5 Å². The molecule has 0 saturated carbocycles. The van der Waals surface area contributed by atoms with Crippen LogP contribution in [0, 0.1) is 0 Å². The largest absolute Gasteiger partial charge is 0.309 e. The Labute approximate surface area is 372 Å². The highest BCUT2D eigenvalue weighted by Crippen LogP contribution is 2.42. The number of thiophene rings is 1. The second-order valence-corrected chi connectivity index (χ2v) is 17.3. The van der Waals surface area contributed by atoms with Gasteiger partial charge in [0, 0.05) is 61.0 Å². The van der Waals surface area contributed by atoms with Gasteiger partial charge in [-0.15, -0.1) is 11.3 Å². The predicted molar refractivity (Wildman–Crippen MR) is 267 cm³/mol. The van der Waals surface area contributed by atoms with Gasteiger partial charge in [-0.25, -0.2) is 15.0 Å². The number of hydrogen-bond donors (Lipinski definition) is 0. The van der Waals surface area contributed by atoms with Crippen molar-refractivity contribution in [2.24, 2.45) is 0 Å². The van der Waals surface area contributed by atoms with E-state index in [2.05, 4.69) is 168 Å². The maximum absolute atomic E-state index is 5.18. The third-order valence-electron chi connectivity index (χ3n) is 12.5. The highest BCUT2D eigenvalue weighted by Gasteiger charge is 2.19. The first-order valence-corrected chi connectivity index (χ1v) is 22.3. The summed E-state index contributed by atoms with van der Waals surface area (Å²) < 4.78 is 4.68. The Hall–Kier alpha value is -8.32. The van der Waals surface area contributed by atoms with Crippen LogP contribution >= 0.6 is 11.3 Å². The van der Waals surface area contributed by atoms with E-state index in [1.54, 1.807) is 11.3 Å². The summed E-state index contributed by atoms with van der Waals surface area (Å²) in [4.78, 5) is 20.1. The Morgan fingerprint density at radius 1 is 0.344 bits per heavy atom. The second kappa shape index (κ2) is 14.7. The molecule has 9 aromatic carbocycles. The molecule has 64 heavy (non-hydrogen) atoms. The fourth-order valence-corrected chi connectivity index (χ4v) is 10.5. The third-order valence-corrected chi connectivity index (χ3v) is 13.6. The fraction of sp³-hybridized carbons (Fsp3) is 0. The van der Waals surface area contributed by atoms with Crippen LogP contribution in [0.5, 0.6) is 0 Å². The first-order chi connectivity index (χ1) is 31.7. The summed E-state index contributed by atoms with van der Waals surface area (Å²) in [7, 11) is 0. The van der Waals surface area contributed by atoms with Gasteiger partial charge in [0.05, 0.1) is 15.7 Å². The van der Waals surface area contributed by atoms with Gasteiger partial charge in [-0.1, -0.05) is 158 Å². The molecule has 6 heteroatoms. The van der Waals surface area contributed by atoms with E-state index in [1.165, 1.54) is 53.6 Å². The van der Waals surface area contributed by atoms with Crippen LogP contribution < -0.4 is 0 Å². The Kier molecular flexibility index (Phi) is 8.32. The van der Waals surface area contributed by atoms with E-state index in [-0.39, 0.29) is 0 Å². The minimum Gasteiger partial charge on any atom is -0.309 e. The number of fused-ring (bicyclic) bond motifs is 9. The zero-order valence-corrected chi connectivity index (χ0v) is 35.2. The molecule has 0 bridgehead atoms. The minimum atomic E-state index is 0.593. The van der Waals surface area contributed by atoms with Crippen molar-refractivity contribution in [3.63, 3.8) is 0 Å². The standard InChI is InChI=1S/C58H35N5S/c1-3-11-36(12-4-1)37-19-23-41(24-20-37)57-60-56(40-14-5-2-6-15-40)61-58(62-57)50-34-59-35-54-55(50)49-32-43(27-30-53(49)64-54)42-26-29-52-48(31-42)46-17-9-10-18-51(46)63(52)44-28-25-39-22-21-38-13-7-8-16-45(38)47(39)33-44/h1-35H. The van der Waals surface area contributed by atoms with Gasteiger partial charge >= 0.3 is 0 Å². The van der Waals surface area contributed by atoms with Crippen LogP contribution in [0.2, 0.25) is 0 Å². The Bertz CT molecular complexity index is 3950. The summed E-state index contributed by atoms with van der Waals surface area (Å²) in [6, 6.07) is 71.4. The smallest absolute Gasteiger partial charge is 0.166 e. The van der Waals surface area contributed by atoms with Crippen LogP contribution in [0.3, 0.4) is 0 Å². The molecule has 4 aromatic heterocycles. The molecule has 5 nitrogen and oxygen atoms in total. The number of rotatable bonds is 6. The first kappa shape index (κ1) is 36.3. The summed E-state index contributed by atoms with van der Waals surface area (Å²) in [6.07, 6.45) is 3.87. The fourth-order valence-electron chi connectivity index (χ4n) is 9.42. The molecule has 13 aromatic rings. The van der Waals surface area contributed by atoms with Crippen molar-refractivity contribution in [2.45, 2.75) is 0 Å². The van der Waals surface area contributed by atoms with E-state index < -0.39 is 0 Å². The van der Waals surface area contributed by atoms with Crippen LogP contribution in [0.15, 0.2) is 213 Å². The highest BCUT2D eigenvalue weighted by atomic mass is 32.1. The lowest BCUT2D eigenvalue weighted by Gasteiger charge is -2.11. The monoisotopic (exact) mass is 833 g/mol. The first-order valence-electron chi connectivity index (χ1n) is 21.4. The molecule has 0 N–H and O–H groups in total.